The number of rotatable bonds is 4. The summed E-state index contributed by atoms with van der Waals surface area (Å²) in [4.78, 5) is 11.3. The van der Waals surface area contributed by atoms with Crippen LogP contribution in [-0.2, 0) is 0 Å². The van der Waals surface area contributed by atoms with E-state index in [0.717, 1.165) is 28.1 Å². The van der Waals surface area contributed by atoms with E-state index in [0.29, 0.717) is 16.1 Å². The first-order valence-corrected chi connectivity index (χ1v) is 8.86. The third kappa shape index (κ3) is 3.44. The van der Waals surface area contributed by atoms with E-state index < -0.39 is 5.91 Å². The van der Waals surface area contributed by atoms with E-state index >= 15 is 0 Å². The van der Waals surface area contributed by atoms with Crippen LogP contribution in [0, 0.1) is 25.2 Å². The van der Waals surface area contributed by atoms with E-state index in [1.54, 1.807) is 24.3 Å². The molecule has 3 rings (SSSR count). The lowest BCUT2D eigenvalue weighted by molar-refractivity contribution is 0.100. The van der Waals surface area contributed by atoms with Crippen molar-refractivity contribution in [1.82, 2.24) is 9.78 Å². The number of benzene rings is 2. The number of hydrogen-bond acceptors (Lipinski definition) is 3. The SMILES string of the molecule is Cc1nn(C(C)c2ccc(C(N)=O)cc2)c(C)c1-c1ccc(C#N)c(Cl)c1. The molecule has 2 N–H and O–H groups in total. The lowest BCUT2D eigenvalue weighted by Crippen LogP contribution is -2.13. The summed E-state index contributed by atoms with van der Waals surface area (Å²) in [6, 6.07) is 14.7. The van der Waals surface area contributed by atoms with Crippen LogP contribution in [0.15, 0.2) is 42.5 Å². The quantitative estimate of drug-likeness (QED) is 0.730. The van der Waals surface area contributed by atoms with Gasteiger partial charge in [-0.1, -0.05) is 29.8 Å². The highest BCUT2D eigenvalue weighted by Crippen LogP contribution is 2.32. The molecule has 5 nitrogen and oxygen atoms in total. The monoisotopic (exact) mass is 378 g/mol. The summed E-state index contributed by atoms with van der Waals surface area (Å²) in [5.41, 5.74) is 11.1. The second-order valence-electron chi connectivity index (χ2n) is 6.46. The van der Waals surface area contributed by atoms with Gasteiger partial charge in [0.2, 0.25) is 5.91 Å². The Labute approximate surface area is 163 Å². The zero-order chi connectivity index (χ0) is 19.7. The Morgan fingerprint density at radius 3 is 2.44 bits per heavy atom. The largest absolute Gasteiger partial charge is 0.366 e. The number of amides is 1. The van der Waals surface area contributed by atoms with Crippen LogP contribution in [0.1, 0.15) is 45.8 Å². The molecule has 1 amide bonds. The first kappa shape index (κ1) is 18.7. The van der Waals surface area contributed by atoms with Gasteiger partial charge >= 0.3 is 0 Å². The Bertz CT molecular complexity index is 1060. The number of aromatic nitrogens is 2. The summed E-state index contributed by atoms with van der Waals surface area (Å²) in [7, 11) is 0. The maximum absolute atomic E-state index is 11.3. The molecule has 6 heteroatoms. The van der Waals surface area contributed by atoms with Crippen molar-refractivity contribution >= 4 is 17.5 Å². The second-order valence-corrected chi connectivity index (χ2v) is 6.87. The van der Waals surface area contributed by atoms with E-state index in [-0.39, 0.29) is 6.04 Å². The summed E-state index contributed by atoms with van der Waals surface area (Å²) >= 11 is 6.20. The Kier molecular flexibility index (Phi) is 5.02. The summed E-state index contributed by atoms with van der Waals surface area (Å²) in [5.74, 6) is -0.444. The van der Waals surface area contributed by atoms with Gasteiger partial charge in [-0.25, -0.2) is 0 Å². The smallest absolute Gasteiger partial charge is 0.248 e. The summed E-state index contributed by atoms with van der Waals surface area (Å²) in [5, 5.41) is 14.2. The highest BCUT2D eigenvalue weighted by atomic mass is 35.5. The number of primary amides is 1. The zero-order valence-corrected chi connectivity index (χ0v) is 16.1. The molecule has 1 unspecified atom stereocenters. The number of carbonyl (C=O) groups excluding carboxylic acids is 1. The van der Waals surface area contributed by atoms with E-state index in [2.05, 4.69) is 6.07 Å². The summed E-state index contributed by atoms with van der Waals surface area (Å²) in [6.45, 7) is 6.01. The van der Waals surface area contributed by atoms with Crippen LogP contribution < -0.4 is 5.73 Å². The van der Waals surface area contributed by atoms with Crippen molar-refractivity contribution in [1.29, 1.82) is 5.26 Å². The maximum Gasteiger partial charge on any atom is 0.248 e. The van der Waals surface area contributed by atoms with E-state index in [9.17, 15) is 4.79 Å². The van der Waals surface area contributed by atoms with Gasteiger partial charge in [0.05, 0.1) is 22.3 Å². The van der Waals surface area contributed by atoms with Gasteiger partial charge in [0.15, 0.2) is 0 Å². The van der Waals surface area contributed by atoms with E-state index in [1.807, 2.05) is 43.7 Å². The number of hydrogen-bond donors (Lipinski definition) is 1. The Morgan fingerprint density at radius 2 is 1.89 bits per heavy atom. The van der Waals surface area contributed by atoms with Crippen molar-refractivity contribution < 1.29 is 4.79 Å². The van der Waals surface area contributed by atoms with Crippen LogP contribution in [0.5, 0.6) is 0 Å². The molecular weight excluding hydrogens is 360 g/mol. The van der Waals surface area contributed by atoms with Crippen LogP contribution in [0.4, 0.5) is 0 Å². The van der Waals surface area contributed by atoms with Crippen molar-refractivity contribution in [2.75, 3.05) is 0 Å². The molecule has 0 aliphatic heterocycles. The van der Waals surface area contributed by atoms with Gasteiger partial charge in [-0.15, -0.1) is 0 Å². The molecule has 0 aliphatic carbocycles. The van der Waals surface area contributed by atoms with Crippen LogP contribution in [0.2, 0.25) is 5.02 Å². The molecule has 1 aromatic heterocycles. The fraction of sp³-hybridized carbons (Fsp3) is 0.190. The second kappa shape index (κ2) is 7.26. The topological polar surface area (TPSA) is 84.7 Å². The fourth-order valence-corrected chi connectivity index (χ4v) is 3.51. The molecule has 1 heterocycles. The molecule has 1 atom stereocenters. The predicted molar refractivity (Wildman–Crippen MR) is 106 cm³/mol. The van der Waals surface area contributed by atoms with Crippen LogP contribution in [0.3, 0.4) is 0 Å². The van der Waals surface area contributed by atoms with Gasteiger partial charge in [0.25, 0.3) is 0 Å². The molecule has 3 aromatic rings. The predicted octanol–water partition coefficient (Wildman–Crippen LogP) is 4.40. The molecule has 136 valence electrons. The van der Waals surface area contributed by atoms with E-state index in [1.165, 1.54) is 0 Å². The van der Waals surface area contributed by atoms with Gasteiger partial charge < -0.3 is 5.73 Å². The summed E-state index contributed by atoms with van der Waals surface area (Å²) in [6.07, 6.45) is 0. The highest BCUT2D eigenvalue weighted by Gasteiger charge is 2.19. The van der Waals surface area contributed by atoms with Crippen LogP contribution in [-0.4, -0.2) is 15.7 Å². The molecule has 0 saturated carbocycles. The van der Waals surface area contributed by atoms with Gasteiger partial charge in [0, 0.05) is 16.8 Å². The van der Waals surface area contributed by atoms with Crippen molar-refractivity contribution in [2.45, 2.75) is 26.8 Å². The number of aryl methyl sites for hydroxylation is 1. The lowest BCUT2D eigenvalue weighted by atomic mass is 10.0. The molecule has 0 aliphatic rings. The van der Waals surface area contributed by atoms with Gasteiger partial charge in [-0.3, -0.25) is 9.48 Å². The normalized spacial score (nSPS) is 11.8. The average molecular weight is 379 g/mol. The number of nitrogens with two attached hydrogens (primary N) is 1. The first-order chi connectivity index (χ1) is 12.8. The number of nitriles is 1. The highest BCUT2D eigenvalue weighted by molar-refractivity contribution is 6.32. The lowest BCUT2D eigenvalue weighted by Gasteiger charge is -2.15. The Morgan fingerprint density at radius 1 is 1.22 bits per heavy atom. The molecule has 0 radical (unpaired) electrons. The average Bonchev–Trinajstić information content (AvgIpc) is 2.95. The van der Waals surface area contributed by atoms with E-state index in [4.69, 9.17) is 27.7 Å². The minimum absolute atomic E-state index is 0.0202. The number of nitrogens with zero attached hydrogens (tertiary/aromatic N) is 3. The standard InChI is InChI=1S/C21H19ClN4O/c1-12-20(17-8-9-18(11-23)19(22)10-17)14(3)26(25-12)13(2)15-4-6-16(7-5-15)21(24)27/h4-10,13H,1-3H3,(H2,24,27). The number of carbonyl (C=O) groups is 1. The van der Waals surface area contributed by atoms with Crippen molar-refractivity contribution in [2.24, 2.45) is 5.73 Å². The minimum Gasteiger partial charge on any atom is -0.366 e. The van der Waals surface area contributed by atoms with Crippen molar-refractivity contribution in [3.8, 4) is 17.2 Å². The van der Waals surface area contributed by atoms with Crippen LogP contribution in [0.25, 0.3) is 11.1 Å². The Hall–Kier alpha value is -3.10. The molecular formula is C21H19ClN4O. The Balaban J connectivity index is 2.01. The third-order valence-corrected chi connectivity index (χ3v) is 5.06. The molecule has 0 bridgehead atoms. The summed E-state index contributed by atoms with van der Waals surface area (Å²) < 4.78 is 1.95. The molecule has 0 spiro atoms. The molecule has 0 saturated heterocycles. The van der Waals surface area contributed by atoms with Crippen molar-refractivity contribution in [3.63, 3.8) is 0 Å². The minimum atomic E-state index is -0.444. The maximum atomic E-state index is 11.3. The van der Waals surface area contributed by atoms with Gasteiger partial charge in [-0.05, 0) is 56.2 Å². The zero-order valence-electron chi connectivity index (χ0n) is 15.3. The third-order valence-electron chi connectivity index (χ3n) is 4.75. The molecule has 2 aromatic carbocycles. The first-order valence-electron chi connectivity index (χ1n) is 8.49. The van der Waals surface area contributed by atoms with Gasteiger partial charge in [0.1, 0.15) is 6.07 Å². The van der Waals surface area contributed by atoms with Crippen LogP contribution >= 0.6 is 11.6 Å². The van der Waals surface area contributed by atoms with Gasteiger partial charge in [-0.2, -0.15) is 10.4 Å². The molecule has 0 fully saturated rings. The van der Waals surface area contributed by atoms with Crippen molar-refractivity contribution in [3.05, 3.63) is 75.6 Å². The molecule has 27 heavy (non-hydrogen) atoms. The number of halogens is 1. The fourth-order valence-electron chi connectivity index (χ4n) is 3.29.